The number of nitrogens with zero attached hydrogens (tertiary/aromatic N) is 2. The average molecular weight is 313 g/mol. The quantitative estimate of drug-likeness (QED) is 0.904. The lowest BCUT2D eigenvalue weighted by Gasteiger charge is -2.25. The third-order valence-corrected chi connectivity index (χ3v) is 6.25. The molecule has 1 saturated heterocycles. The Morgan fingerprint density at radius 2 is 2.10 bits per heavy atom. The Balaban J connectivity index is 1.73. The summed E-state index contributed by atoms with van der Waals surface area (Å²) in [6, 6.07) is 0.734. The van der Waals surface area contributed by atoms with Gasteiger partial charge in [-0.25, -0.2) is 4.98 Å². The molecule has 1 aromatic heterocycles. The van der Waals surface area contributed by atoms with Gasteiger partial charge in [-0.2, -0.15) is 0 Å². The fraction of sp³-hybridized carbons (Fsp3) is 0.786. The molecule has 4 nitrogen and oxygen atoms in total. The van der Waals surface area contributed by atoms with Crippen molar-refractivity contribution in [3.8, 4) is 0 Å². The average Bonchev–Trinajstić information content (AvgIpc) is 3.15. The molecule has 1 aliphatic carbocycles. The van der Waals surface area contributed by atoms with Crippen LogP contribution in [0.3, 0.4) is 0 Å². The van der Waals surface area contributed by atoms with Gasteiger partial charge in [0.15, 0.2) is 5.13 Å². The van der Waals surface area contributed by atoms with Gasteiger partial charge in [-0.3, -0.25) is 4.21 Å². The molecule has 1 saturated carbocycles. The Morgan fingerprint density at radius 1 is 1.40 bits per heavy atom. The Kier molecular flexibility index (Phi) is 4.43. The zero-order chi connectivity index (χ0) is 14.1. The number of hydrogen-bond acceptors (Lipinski definition) is 5. The van der Waals surface area contributed by atoms with Crippen LogP contribution in [0.25, 0.3) is 0 Å². The first-order valence-electron chi connectivity index (χ1n) is 7.46. The van der Waals surface area contributed by atoms with Crippen LogP contribution in [0.1, 0.15) is 43.2 Å². The van der Waals surface area contributed by atoms with Gasteiger partial charge in [0.2, 0.25) is 0 Å². The second kappa shape index (κ2) is 6.12. The first kappa shape index (κ1) is 14.5. The van der Waals surface area contributed by atoms with Gasteiger partial charge in [-0.05, 0) is 18.8 Å². The molecule has 1 aliphatic heterocycles. The van der Waals surface area contributed by atoms with E-state index in [2.05, 4.69) is 24.1 Å². The smallest absolute Gasteiger partial charge is 0.185 e. The van der Waals surface area contributed by atoms with E-state index in [1.165, 1.54) is 23.4 Å². The van der Waals surface area contributed by atoms with Gasteiger partial charge in [-0.15, -0.1) is 11.3 Å². The van der Waals surface area contributed by atoms with Crippen molar-refractivity contribution in [1.82, 2.24) is 10.3 Å². The minimum Gasteiger partial charge on any atom is -0.346 e. The van der Waals surface area contributed by atoms with Gasteiger partial charge in [0.1, 0.15) is 0 Å². The standard InChI is InChI=1S/C14H23N3OS2/c1-10(2)13-12(9-15-11-3-4-11)19-14(16-13)17-5-7-20(18)8-6-17/h10-11,15H,3-9H2,1-2H3. The summed E-state index contributed by atoms with van der Waals surface area (Å²) in [7, 11) is -0.620. The number of thiazole rings is 1. The molecule has 2 fully saturated rings. The minimum absolute atomic E-state index is 0.468. The third kappa shape index (κ3) is 3.40. The zero-order valence-corrected chi connectivity index (χ0v) is 13.9. The Labute approximate surface area is 127 Å². The van der Waals surface area contributed by atoms with Crippen molar-refractivity contribution < 1.29 is 4.21 Å². The maximum atomic E-state index is 11.5. The summed E-state index contributed by atoms with van der Waals surface area (Å²) in [6.07, 6.45) is 2.64. The Morgan fingerprint density at radius 3 is 2.70 bits per heavy atom. The monoisotopic (exact) mass is 313 g/mol. The molecule has 1 N–H and O–H groups in total. The van der Waals surface area contributed by atoms with Crippen LogP contribution in [0.4, 0.5) is 5.13 Å². The van der Waals surface area contributed by atoms with Crippen LogP contribution in [0.5, 0.6) is 0 Å². The van der Waals surface area contributed by atoms with Crippen molar-refractivity contribution in [2.75, 3.05) is 29.5 Å². The number of rotatable bonds is 5. The zero-order valence-electron chi connectivity index (χ0n) is 12.2. The second-order valence-electron chi connectivity index (χ2n) is 5.95. The highest BCUT2D eigenvalue weighted by atomic mass is 32.2. The van der Waals surface area contributed by atoms with Crippen molar-refractivity contribution in [1.29, 1.82) is 0 Å². The summed E-state index contributed by atoms with van der Waals surface area (Å²) in [5.74, 6) is 2.04. The number of nitrogens with one attached hydrogen (secondary N) is 1. The van der Waals surface area contributed by atoms with Crippen molar-refractivity contribution >= 4 is 27.3 Å². The van der Waals surface area contributed by atoms with Crippen LogP contribution in [-0.4, -0.2) is 39.8 Å². The summed E-state index contributed by atoms with van der Waals surface area (Å²) in [4.78, 5) is 8.55. The normalized spacial score (nSPS) is 20.9. The van der Waals surface area contributed by atoms with Gasteiger partial charge >= 0.3 is 0 Å². The molecule has 2 heterocycles. The van der Waals surface area contributed by atoms with E-state index in [1.54, 1.807) is 0 Å². The van der Waals surface area contributed by atoms with Gasteiger partial charge in [0, 0.05) is 52.9 Å². The largest absolute Gasteiger partial charge is 0.346 e. The SMILES string of the molecule is CC(C)c1nc(N2CCS(=O)CC2)sc1CNC1CC1. The van der Waals surface area contributed by atoms with Gasteiger partial charge in [-0.1, -0.05) is 13.8 Å². The van der Waals surface area contributed by atoms with E-state index < -0.39 is 10.8 Å². The second-order valence-corrected chi connectivity index (χ2v) is 8.71. The lowest BCUT2D eigenvalue weighted by Crippen LogP contribution is -2.37. The number of aromatic nitrogens is 1. The van der Waals surface area contributed by atoms with Gasteiger partial charge in [0.25, 0.3) is 0 Å². The van der Waals surface area contributed by atoms with Crippen LogP contribution in [0.2, 0.25) is 0 Å². The molecule has 0 atom stereocenters. The first-order valence-corrected chi connectivity index (χ1v) is 9.77. The Bertz CT molecular complexity index is 487. The molecular formula is C14H23N3OS2. The molecule has 0 unspecified atom stereocenters. The van der Waals surface area contributed by atoms with Crippen molar-refractivity contribution in [3.05, 3.63) is 10.6 Å². The molecule has 112 valence electrons. The summed E-state index contributed by atoms with van der Waals surface area (Å²) < 4.78 is 11.5. The van der Waals surface area contributed by atoms with Crippen LogP contribution in [-0.2, 0) is 17.3 Å². The van der Waals surface area contributed by atoms with Crippen molar-refractivity contribution in [2.24, 2.45) is 0 Å². The van der Waals surface area contributed by atoms with E-state index >= 15 is 0 Å². The molecule has 20 heavy (non-hydrogen) atoms. The van der Waals surface area contributed by atoms with E-state index in [1.807, 2.05) is 11.3 Å². The van der Waals surface area contributed by atoms with Crippen LogP contribution >= 0.6 is 11.3 Å². The summed E-state index contributed by atoms with van der Waals surface area (Å²) >= 11 is 1.82. The van der Waals surface area contributed by atoms with Gasteiger partial charge in [0.05, 0.1) is 5.69 Å². The number of anilines is 1. The molecule has 0 spiro atoms. The highest BCUT2D eigenvalue weighted by molar-refractivity contribution is 7.85. The van der Waals surface area contributed by atoms with Crippen LogP contribution < -0.4 is 10.2 Å². The number of hydrogen-bond donors (Lipinski definition) is 1. The predicted octanol–water partition coefficient (Wildman–Crippen LogP) is 2.09. The van der Waals surface area contributed by atoms with Crippen LogP contribution in [0, 0.1) is 0 Å². The molecular weight excluding hydrogens is 290 g/mol. The maximum Gasteiger partial charge on any atom is 0.185 e. The Hall–Kier alpha value is -0.460. The van der Waals surface area contributed by atoms with E-state index in [0.29, 0.717) is 5.92 Å². The van der Waals surface area contributed by atoms with Gasteiger partial charge < -0.3 is 10.2 Å². The van der Waals surface area contributed by atoms with Crippen LogP contribution in [0.15, 0.2) is 0 Å². The molecule has 0 bridgehead atoms. The van der Waals surface area contributed by atoms with E-state index in [-0.39, 0.29) is 0 Å². The predicted molar refractivity (Wildman–Crippen MR) is 86.2 cm³/mol. The topological polar surface area (TPSA) is 45.2 Å². The molecule has 3 rings (SSSR count). The van der Waals surface area contributed by atoms with E-state index in [9.17, 15) is 4.21 Å². The lowest BCUT2D eigenvalue weighted by molar-refractivity contribution is 0.672. The van der Waals surface area contributed by atoms with E-state index in [4.69, 9.17) is 4.98 Å². The maximum absolute atomic E-state index is 11.5. The molecule has 2 aliphatic rings. The van der Waals surface area contributed by atoms with Crippen molar-refractivity contribution in [3.63, 3.8) is 0 Å². The summed E-state index contributed by atoms with van der Waals surface area (Å²) in [5.41, 5.74) is 1.24. The fourth-order valence-electron chi connectivity index (χ4n) is 2.42. The van der Waals surface area contributed by atoms with E-state index in [0.717, 1.165) is 42.3 Å². The molecule has 1 aromatic rings. The summed E-state index contributed by atoms with van der Waals surface area (Å²) in [5, 5.41) is 4.72. The highest BCUT2D eigenvalue weighted by Crippen LogP contribution is 2.32. The first-order chi connectivity index (χ1) is 9.63. The molecule has 6 heteroatoms. The third-order valence-electron chi connectivity index (χ3n) is 3.84. The molecule has 0 radical (unpaired) electrons. The van der Waals surface area contributed by atoms with Crippen molar-refractivity contribution in [2.45, 2.75) is 45.2 Å². The minimum atomic E-state index is -0.620. The molecule has 0 aromatic carbocycles. The highest BCUT2D eigenvalue weighted by Gasteiger charge is 2.24. The fourth-order valence-corrected chi connectivity index (χ4v) is 4.69. The summed E-state index contributed by atoms with van der Waals surface area (Å²) in [6.45, 7) is 7.14. The molecule has 0 amide bonds. The lowest BCUT2D eigenvalue weighted by atomic mass is 10.1.